The van der Waals surface area contributed by atoms with Crippen molar-refractivity contribution >= 4 is 23.3 Å². The summed E-state index contributed by atoms with van der Waals surface area (Å²) in [6.07, 6.45) is 2.79. The molecule has 0 unspecified atom stereocenters. The molecule has 0 radical (unpaired) electrons. The minimum Gasteiger partial charge on any atom is -0.496 e. The van der Waals surface area contributed by atoms with Crippen molar-refractivity contribution in [1.29, 1.82) is 0 Å². The summed E-state index contributed by atoms with van der Waals surface area (Å²) >= 11 is 0. The number of carbonyl (C=O) groups is 2. The molecule has 1 heterocycles. The number of methoxy groups -OCH3 is 1. The fourth-order valence-corrected chi connectivity index (χ4v) is 2.47. The molecule has 0 atom stereocenters. The summed E-state index contributed by atoms with van der Waals surface area (Å²) in [4.78, 5) is 24.2. The number of rotatable bonds is 6. The molecule has 27 heavy (non-hydrogen) atoms. The average Bonchev–Trinajstić information content (AvgIpc) is 3.22. The van der Waals surface area contributed by atoms with Crippen molar-refractivity contribution in [2.45, 2.75) is 6.54 Å². The van der Waals surface area contributed by atoms with Crippen LogP contribution in [-0.2, 0) is 6.54 Å². The third-order valence-electron chi connectivity index (χ3n) is 3.79. The van der Waals surface area contributed by atoms with E-state index in [9.17, 15) is 9.59 Å². The largest absolute Gasteiger partial charge is 0.496 e. The Hall–Kier alpha value is -3.74. The third-order valence-corrected chi connectivity index (χ3v) is 3.79. The van der Waals surface area contributed by atoms with Crippen LogP contribution in [0.5, 0.6) is 5.75 Å². The number of anilines is 2. The zero-order valence-electron chi connectivity index (χ0n) is 14.7. The molecule has 1 aromatic heterocycles. The Morgan fingerprint density at radius 3 is 2.52 bits per heavy atom. The van der Waals surface area contributed by atoms with Crippen molar-refractivity contribution in [1.82, 2.24) is 5.32 Å². The number of hydrogen-bond donors (Lipinski definition) is 3. The van der Waals surface area contributed by atoms with Crippen LogP contribution in [-0.4, -0.2) is 19.0 Å². The first-order valence-corrected chi connectivity index (χ1v) is 8.26. The second-order valence-electron chi connectivity index (χ2n) is 5.67. The molecule has 0 saturated carbocycles. The van der Waals surface area contributed by atoms with E-state index < -0.39 is 0 Å². The lowest BCUT2D eigenvalue weighted by Gasteiger charge is -2.11. The number of carbonyl (C=O) groups excluding carboxylic acids is 2. The van der Waals surface area contributed by atoms with Crippen LogP contribution in [0.3, 0.4) is 0 Å². The van der Waals surface area contributed by atoms with Gasteiger partial charge in [-0.25, -0.2) is 4.79 Å². The van der Waals surface area contributed by atoms with Crippen LogP contribution in [0.25, 0.3) is 0 Å². The van der Waals surface area contributed by atoms with E-state index in [1.165, 1.54) is 12.5 Å². The predicted molar refractivity (Wildman–Crippen MR) is 102 cm³/mol. The molecule has 7 nitrogen and oxygen atoms in total. The normalized spacial score (nSPS) is 10.1. The van der Waals surface area contributed by atoms with Gasteiger partial charge in [0.15, 0.2) is 0 Å². The molecule has 3 aromatic rings. The first kappa shape index (κ1) is 18.1. The van der Waals surface area contributed by atoms with E-state index in [-0.39, 0.29) is 11.9 Å². The molecule has 138 valence electrons. The van der Waals surface area contributed by atoms with Crippen LogP contribution in [0, 0.1) is 0 Å². The summed E-state index contributed by atoms with van der Waals surface area (Å²) in [6, 6.07) is 15.5. The van der Waals surface area contributed by atoms with Gasteiger partial charge in [-0.2, -0.15) is 0 Å². The molecule has 3 N–H and O–H groups in total. The van der Waals surface area contributed by atoms with E-state index in [0.29, 0.717) is 29.2 Å². The lowest BCUT2D eigenvalue weighted by atomic mass is 10.2. The van der Waals surface area contributed by atoms with Gasteiger partial charge in [-0.05, 0) is 30.3 Å². The fraction of sp³-hybridized carbons (Fsp3) is 0.100. The van der Waals surface area contributed by atoms with E-state index in [4.69, 9.17) is 9.15 Å². The van der Waals surface area contributed by atoms with Crippen LogP contribution < -0.4 is 20.7 Å². The van der Waals surface area contributed by atoms with Crippen molar-refractivity contribution < 1.29 is 18.7 Å². The number of ether oxygens (including phenoxy) is 1. The smallest absolute Gasteiger partial charge is 0.319 e. The standard InChI is InChI=1S/C20H19N3O4/c1-26-18-8-3-2-5-14(18)12-21-20(25)23-17-7-4-6-16(11-17)22-19(24)15-9-10-27-13-15/h2-11,13H,12H2,1H3,(H,22,24)(H2,21,23,25). The summed E-state index contributed by atoms with van der Waals surface area (Å²) in [5, 5.41) is 8.26. The van der Waals surface area contributed by atoms with Gasteiger partial charge in [0.1, 0.15) is 12.0 Å². The van der Waals surface area contributed by atoms with Crippen LogP contribution >= 0.6 is 0 Å². The van der Waals surface area contributed by atoms with Gasteiger partial charge in [-0.15, -0.1) is 0 Å². The van der Waals surface area contributed by atoms with Crippen LogP contribution in [0.4, 0.5) is 16.2 Å². The van der Waals surface area contributed by atoms with E-state index in [1.807, 2.05) is 24.3 Å². The molecule has 0 bridgehead atoms. The first-order valence-electron chi connectivity index (χ1n) is 8.26. The second-order valence-corrected chi connectivity index (χ2v) is 5.67. The zero-order valence-corrected chi connectivity index (χ0v) is 14.7. The number of benzene rings is 2. The maximum atomic E-state index is 12.1. The number of para-hydroxylation sites is 1. The summed E-state index contributed by atoms with van der Waals surface area (Å²) in [5.41, 5.74) is 2.40. The highest BCUT2D eigenvalue weighted by molar-refractivity contribution is 6.04. The Labute approximate surface area is 156 Å². The number of hydrogen-bond acceptors (Lipinski definition) is 4. The maximum Gasteiger partial charge on any atom is 0.319 e. The van der Waals surface area contributed by atoms with Gasteiger partial charge in [0.2, 0.25) is 0 Å². The Morgan fingerprint density at radius 1 is 1.00 bits per heavy atom. The van der Waals surface area contributed by atoms with Gasteiger partial charge in [0.05, 0.1) is 18.9 Å². The third kappa shape index (κ3) is 4.88. The van der Waals surface area contributed by atoms with Crippen LogP contribution in [0.15, 0.2) is 71.5 Å². The van der Waals surface area contributed by atoms with Gasteiger partial charge < -0.3 is 25.1 Å². The van der Waals surface area contributed by atoms with E-state index in [2.05, 4.69) is 16.0 Å². The summed E-state index contributed by atoms with van der Waals surface area (Å²) in [7, 11) is 1.59. The number of amides is 3. The lowest BCUT2D eigenvalue weighted by molar-refractivity contribution is 0.102. The van der Waals surface area contributed by atoms with Crippen molar-refractivity contribution in [3.05, 3.63) is 78.3 Å². The number of furan rings is 1. The molecule has 0 fully saturated rings. The highest BCUT2D eigenvalue weighted by Gasteiger charge is 2.09. The summed E-state index contributed by atoms with van der Waals surface area (Å²) < 4.78 is 10.2. The van der Waals surface area contributed by atoms with Crippen LogP contribution in [0.2, 0.25) is 0 Å². The minimum atomic E-state index is -0.362. The molecular weight excluding hydrogens is 346 g/mol. The topological polar surface area (TPSA) is 92.6 Å². The molecule has 3 amide bonds. The lowest BCUT2D eigenvalue weighted by Crippen LogP contribution is -2.28. The van der Waals surface area contributed by atoms with Gasteiger partial charge in [0.25, 0.3) is 5.91 Å². The maximum absolute atomic E-state index is 12.1. The first-order chi connectivity index (χ1) is 13.2. The van der Waals surface area contributed by atoms with E-state index >= 15 is 0 Å². The van der Waals surface area contributed by atoms with Crippen molar-refractivity contribution in [3.63, 3.8) is 0 Å². The molecule has 7 heteroatoms. The molecule has 0 aliphatic carbocycles. The van der Waals surface area contributed by atoms with Gasteiger partial charge in [-0.3, -0.25) is 4.79 Å². The molecular formula is C20H19N3O4. The Morgan fingerprint density at radius 2 is 1.78 bits per heavy atom. The minimum absolute atomic E-state index is 0.290. The quantitative estimate of drug-likeness (QED) is 0.618. The molecule has 0 aliphatic heterocycles. The SMILES string of the molecule is COc1ccccc1CNC(=O)Nc1cccc(NC(=O)c2ccoc2)c1. The van der Waals surface area contributed by atoms with E-state index in [0.717, 1.165) is 5.56 Å². The van der Waals surface area contributed by atoms with Gasteiger partial charge in [0, 0.05) is 23.5 Å². The predicted octanol–water partition coefficient (Wildman–Crippen LogP) is 3.86. The molecule has 0 spiro atoms. The summed E-state index contributed by atoms with van der Waals surface area (Å²) in [6.45, 7) is 0.326. The van der Waals surface area contributed by atoms with Gasteiger partial charge in [-0.1, -0.05) is 24.3 Å². The molecule has 3 rings (SSSR count). The summed E-state index contributed by atoms with van der Waals surface area (Å²) in [5.74, 6) is 0.420. The number of urea groups is 1. The van der Waals surface area contributed by atoms with E-state index in [1.54, 1.807) is 37.4 Å². The Bertz CT molecular complexity index is 922. The van der Waals surface area contributed by atoms with Crippen LogP contribution in [0.1, 0.15) is 15.9 Å². The average molecular weight is 365 g/mol. The highest BCUT2D eigenvalue weighted by Crippen LogP contribution is 2.18. The fourth-order valence-electron chi connectivity index (χ4n) is 2.47. The monoisotopic (exact) mass is 365 g/mol. The zero-order chi connectivity index (χ0) is 19.1. The number of nitrogens with one attached hydrogen (secondary N) is 3. The molecule has 0 saturated heterocycles. The molecule has 2 aromatic carbocycles. The Kier molecular flexibility index (Phi) is 5.73. The van der Waals surface area contributed by atoms with Crippen molar-refractivity contribution in [3.8, 4) is 5.75 Å². The highest BCUT2D eigenvalue weighted by atomic mass is 16.5. The second kappa shape index (κ2) is 8.57. The Balaban J connectivity index is 1.57. The molecule has 0 aliphatic rings. The van der Waals surface area contributed by atoms with Gasteiger partial charge >= 0.3 is 6.03 Å². The van der Waals surface area contributed by atoms with Crippen molar-refractivity contribution in [2.75, 3.05) is 17.7 Å². The van der Waals surface area contributed by atoms with Crippen molar-refractivity contribution in [2.24, 2.45) is 0 Å².